The Labute approximate surface area is 149 Å². The van der Waals surface area contributed by atoms with Crippen molar-refractivity contribution in [3.05, 3.63) is 71.2 Å². The van der Waals surface area contributed by atoms with Crippen molar-refractivity contribution in [3.63, 3.8) is 0 Å². The van der Waals surface area contributed by atoms with Gasteiger partial charge < -0.3 is 14.7 Å². The second-order valence-electron chi connectivity index (χ2n) is 6.04. The number of hydrogen-bond donors (Lipinski definition) is 1. The Bertz CT molecular complexity index is 996. The quantitative estimate of drug-likeness (QED) is 0.786. The van der Waals surface area contributed by atoms with E-state index in [0.717, 1.165) is 17.7 Å². The average molecular weight is 348 g/mol. The zero-order valence-corrected chi connectivity index (χ0v) is 14.1. The Morgan fingerprint density at radius 1 is 1.19 bits per heavy atom. The van der Waals surface area contributed by atoms with E-state index in [0.29, 0.717) is 23.7 Å². The van der Waals surface area contributed by atoms with Gasteiger partial charge in [-0.05, 0) is 37.1 Å². The lowest BCUT2D eigenvalue weighted by molar-refractivity contribution is 0.0989. The fraction of sp³-hybridized carbons (Fsp3) is 0.158. The lowest BCUT2D eigenvalue weighted by Crippen LogP contribution is -2.29. The van der Waals surface area contributed by atoms with Crippen molar-refractivity contribution < 1.29 is 14.1 Å². The number of nitrogens with one attached hydrogen (secondary N) is 1. The van der Waals surface area contributed by atoms with Gasteiger partial charge in [0.25, 0.3) is 11.8 Å². The summed E-state index contributed by atoms with van der Waals surface area (Å²) in [6.45, 7) is 2.36. The van der Waals surface area contributed by atoms with Gasteiger partial charge in [-0.3, -0.25) is 14.6 Å². The van der Waals surface area contributed by atoms with Gasteiger partial charge in [-0.2, -0.15) is 0 Å². The molecule has 130 valence electrons. The highest BCUT2D eigenvalue weighted by molar-refractivity contribution is 6.09. The summed E-state index contributed by atoms with van der Waals surface area (Å²) in [5, 5.41) is 6.32. The third-order valence-electron chi connectivity index (χ3n) is 4.24. The number of benzene rings is 1. The van der Waals surface area contributed by atoms with Gasteiger partial charge in [0, 0.05) is 30.1 Å². The lowest BCUT2D eigenvalue weighted by Gasteiger charge is -2.17. The van der Waals surface area contributed by atoms with Crippen molar-refractivity contribution >= 4 is 23.3 Å². The van der Waals surface area contributed by atoms with Crippen LogP contribution in [0.5, 0.6) is 0 Å². The highest BCUT2D eigenvalue weighted by atomic mass is 16.5. The number of hydrogen-bond acceptors (Lipinski definition) is 5. The molecule has 0 aliphatic carbocycles. The molecule has 2 amide bonds. The van der Waals surface area contributed by atoms with Gasteiger partial charge in [0.05, 0.1) is 0 Å². The number of amides is 2. The van der Waals surface area contributed by atoms with Crippen molar-refractivity contribution in [1.29, 1.82) is 0 Å². The van der Waals surface area contributed by atoms with E-state index in [9.17, 15) is 9.59 Å². The van der Waals surface area contributed by atoms with Gasteiger partial charge in [-0.25, -0.2) is 0 Å². The molecule has 1 aliphatic heterocycles. The number of fused-ring (bicyclic) bond motifs is 1. The van der Waals surface area contributed by atoms with Crippen molar-refractivity contribution in [3.8, 4) is 0 Å². The summed E-state index contributed by atoms with van der Waals surface area (Å²) >= 11 is 0. The zero-order chi connectivity index (χ0) is 18.1. The third-order valence-corrected chi connectivity index (χ3v) is 4.24. The largest absolute Gasteiger partial charge is 0.360 e. The number of anilines is 2. The topological polar surface area (TPSA) is 88.3 Å². The van der Waals surface area contributed by atoms with Crippen molar-refractivity contribution in [2.45, 2.75) is 13.3 Å². The Morgan fingerprint density at radius 3 is 2.85 bits per heavy atom. The molecule has 0 saturated heterocycles. The minimum absolute atomic E-state index is 0.143. The van der Waals surface area contributed by atoms with Gasteiger partial charge in [0.15, 0.2) is 5.82 Å². The number of rotatable bonds is 3. The molecule has 1 aliphatic rings. The molecule has 1 N–H and O–H groups in total. The van der Waals surface area contributed by atoms with Crippen LogP contribution in [0.1, 0.15) is 32.2 Å². The van der Waals surface area contributed by atoms with E-state index in [-0.39, 0.29) is 11.6 Å². The molecule has 3 heterocycles. The van der Waals surface area contributed by atoms with Crippen LogP contribution < -0.4 is 10.2 Å². The van der Waals surface area contributed by atoms with Crippen LogP contribution in [0.25, 0.3) is 0 Å². The predicted octanol–water partition coefficient (Wildman–Crippen LogP) is 2.83. The van der Waals surface area contributed by atoms with Crippen LogP contribution in [0.15, 0.2) is 53.2 Å². The molecule has 0 spiro atoms. The monoisotopic (exact) mass is 348 g/mol. The Balaban J connectivity index is 1.56. The number of pyridine rings is 1. The average Bonchev–Trinajstić information content (AvgIpc) is 3.27. The first-order chi connectivity index (χ1) is 12.6. The number of carbonyl (C=O) groups is 2. The first kappa shape index (κ1) is 16.0. The van der Waals surface area contributed by atoms with Gasteiger partial charge in [-0.1, -0.05) is 23.4 Å². The molecule has 0 fully saturated rings. The molecule has 0 unspecified atom stereocenters. The molecule has 4 rings (SSSR count). The van der Waals surface area contributed by atoms with Crippen LogP contribution in [0.4, 0.5) is 11.5 Å². The summed E-state index contributed by atoms with van der Waals surface area (Å²) in [6, 6.07) is 12.5. The van der Waals surface area contributed by atoms with Crippen molar-refractivity contribution in [2.24, 2.45) is 0 Å². The molecule has 2 aromatic heterocycles. The minimum Gasteiger partial charge on any atom is -0.360 e. The predicted molar refractivity (Wildman–Crippen MR) is 95.3 cm³/mol. The fourth-order valence-corrected chi connectivity index (χ4v) is 3.00. The SMILES string of the molecule is Cc1cc(NC(=O)c2cc(C(=O)N3CCc4ccccc43)ccn2)no1. The number of para-hydroxylation sites is 1. The van der Waals surface area contributed by atoms with Crippen LogP contribution in [0.3, 0.4) is 0 Å². The number of aromatic nitrogens is 2. The van der Waals surface area contributed by atoms with E-state index in [1.165, 1.54) is 12.3 Å². The Hall–Kier alpha value is -3.48. The third kappa shape index (κ3) is 2.95. The molecule has 26 heavy (non-hydrogen) atoms. The second kappa shape index (κ2) is 6.44. The van der Waals surface area contributed by atoms with E-state index >= 15 is 0 Å². The standard InChI is InChI=1S/C19H16N4O3/c1-12-10-17(22-26-12)21-18(24)15-11-14(6-8-20-15)19(25)23-9-7-13-4-2-3-5-16(13)23/h2-6,8,10-11H,7,9H2,1H3,(H,21,22,24). The van der Waals surface area contributed by atoms with Crippen molar-refractivity contribution in [1.82, 2.24) is 10.1 Å². The maximum Gasteiger partial charge on any atom is 0.275 e. The van der Waals surface area contributed by atoms with Crippen LogP contribution in [0, 0.1) is 6.92 Å². The molecule has 0 bridgehead atoms. The summed E-state index contributed by atoms with van der Waals surface area (Å²) in [7, 11) is 0. The number of carbonyl (C=O) groups excluding carboxylic acids is 2. The summed E-state index contributed by atoms with van der Waals surface area (Å²) < 4.78 is 4.92. The van der Waals surface area contributed by atoms with Gasteiger partial charge >= 0.3 is 0 Å². The zero-order valence-electron chi connectivity index (χ0n) is 14.1. The first-order valence-corrected chi connectivity index (χ1v) is 8.22. The minimum atomic E-state index is -0.449. The first-order valence-electron chi connectivity index (χ1n) is 8.22. The molecule has 7 nitrogen and oxygen atoms in total. The number of aryl methyl sites for hydroxylation is 1. The normalized spacial score (nSPS) is 12.7. The second-order valence-corrected chi connectivity index (χ2v) is 6.04. The van der Waals surface area contributed by atoms with Crippen molar-refractivity contribution in [2.75, 3.05) is 16.8 Å². The highest BCUT2D eigenvalue weighted by Crippen LogP contribution is 2.28. The summed E-state index contributed by atoms with van der Waals surface area (Å²) in [5.74, 6) is 0.294. The van der Waals surface area contributed by atoms with Gasteiger partial charge in [0.2, 0.25) is 0 Å². The molecule has 1 aromatic carbocycles. The fourth-order valence-electron chi connectivity index (χ4n) is 3.00. The van der Waals surface area contributed by atoms with E-state index in [4.69, 9.17) is 4.52 Å². The molecule has 0 atom stereocenters. The Kier molecular flexibility index (Phi) is 3.96. The van der Waals surface area contributed by atoms with Gasteiger partial charge in [-0.15, -0.1) is 0 Å². The molecule has 7 heteroatoms. The number of nitrogens with zero attached hydrogens (tertiary/aromatic N) is 3. The molecule has 0 radical (unpaired) electrons. The highest BCUT2D eigenvalue weighted by Gasteiger charge is 2.25. The van der Waals surface area contributed by atoms with E-state index < -0.39 is 5.91 Å². The summed E-state index contributed by atoms with van der Waals surface area (Å²) in [4.78, 5) is 31.0. The smallest absolute Gasteiger partial charge is 0.275 e. The molecular weight excluding hydrogens is 332 g/mol. The molecule has 0 saturated carbocycles. The summed E-state index contributed by atoms with van der Waals surface area (Å²) in [6.07, 6.45) is 2.28. The maximum absolute atomic E-state index is 12.9. The van der Waals surface area contributed by atoms with Crippen LogP contribution in [0.2, 0.25) is 0 Å². The van der Waals surface area contributed by atoms with Crippen LogP contribution >= 0.6 is 0 Å². The Morgan fingerprint density at radius 2 is 2.04 bits per heavy atom. The molecule has 3 aromatic rings. The molecular formula is C19H16N4O3. The maximum atomic E-state index is 12.9. The van der Waals surface area contributed by atoms with Crippen LogP contribution in [-0.4, -0.2) is 28.5 Å². The van der Waals surface area contributed by atoms with Gasteiger partial charge in [0.1, 0.15) is 11.5 Å². The van der Waals surface area contributed by atoms with E-state index in [1.807, 2.05) is 24.3 Å². The van der Waals surface area contributed by atoms with E-state index in [1.54, 1.807) is 24.0 Å². The summed E-state index contributed by atoms with van der Waals surface area (Å²) in [5.41, 5.74) is 2.62. The van der Waals surface area contributed by atoms with Crippen LogP contribution in [-0.2, 0) is 6.42 Å². The van der Waals surface area contributed by atoms with E-state index in [2.05, 4.69) is 15.5 Å². The lowest BCUT2D eigenvalue weighted by atomic mass is 10.1.